The molecule has 0 saturated carbocycles. The number of rotatable bonds is 4. The maximum absolute atomic E-state index is 11.0. The molecule has 114 valence electrons. The Morgan fingerprint density at radius 3 is 1.36 bits per heavy atom. The molecule has 0 radical (unpaired) electrons. The molecule has 22 heavy (non-hydrogen) atoms. The summed E-state index contributed by atoms with van der Waals surface area (Å²) in [6.45, 7) is 2.89. The summed E-state index contributed by atoms with van der Waals surface area (Å²) >= 11 is 0. The summed E-state index contributed by atoms with van der Waals surface area (Å²) in [5.41, 5.74) is 2.82. The summed E-state index contributed by atoms with van der Waals surface area (Å²) in [6, 6.07) is 14.0. The van der Waals surface area contributed by atoms with Gasteiger partial charge in [-0.05, 0) is 35.4 Å². The molecule has 0 aliphatic carbocycles. The fourth-order valence-corrected chi connectivity index (χ4v) is 2.10. The van der Waals surface area contributed by atoms with Crippen LogP contribution in [0.2, 0.25) is 0 Å². The third-order valence-electron chi connectivity index (χ3n) is 3.09. The summed E-state index contributed by atoms with van der Waals surface area (Å²) in [5.74, 6) is -0.274. The van der Waals surface area contributed by atoms with Gasteiger partial charge in [0.2, 0.25) is 11.8 Å². The molecule has 3 N–H and O–H groups in total. The normalized spacial score (nSPS) is 10.4. The predicted molar refractivity (Wildman–Crippen MR) is 85.6 cm³/mol. The lowest BCUT2D eigenvalue weighted by Crippen LogP contribution is -2.07. The molecule has 2 amide bonds. The molecule has 0 unspecified atom stereocenters. The second-order valence-electron chi connectivity index (χ2n) is 5.01. The van der Waals surface area contributed by atoms with Crippen LogP contribution in [-0.2, 0) is 9.59 Å². The summed E-state index contributed by atoms with van der Waals surface area (Å²) in [5, 5.41) is 15.7. The van der Waals surface area contributed by atoms with Crippen molar-refractivity contribution in [3.8, 4) is 0 Å². The Kier molecular flexibility index (Phi) is 4.91. The van der Waals surface area contributed by atoms with E-state index in [1.54, 1.807) is 48.5 Å². The van der Waals surface area contributed by atoms with Gasteiger partial charge in [-0.1, -0.05) is 24.3 Å². The van der Waals surface area contributed by atoms with E-state index >= 15 is 0 Å². The minimum atomic E-state index is -0.766. The fraction of sp³-hybridized carbons (Fsp3) is 0.176. The molecule has 0 spiro atoms. The highest BCUT2D eigenvalue weighted by Crippen LogP contribution is 2.24. The van der Waals surface area contributed by atoms with Gasteiger partial charge < -0.3 is 15.7 Å². The molecule has 0 aromatic heterocycles. The van der Waals surface area contributed by atoms with E-state index < -0.39 is 6.10 Å². The van der Waals surface area contributed by atoms with Crippen LogP contribution in [0.25, 0.3) is 0 Å². The Hall–Kier alpha value is -2.66. The Morgan fingerprint density at radius 1 is 0.773 bits per heavy atom. The Balaban J connectivity index is 2.11. The second-order valence-corrected chi connectivity index (χ2v) is 5.01. The van der Waals surface area contributed by atoms with Gasteiger partial charge in [0.25, 0.3) is 0 Å². The van der Waals surface area contributed by atoms with Gasteiger partial charge in [0, 0.05) is 25.2 Å². The molecule has 0 heterocycles. The average molecular weight is 298 g/mol. The predicted octanol–water partition coefficient (Wildman–Crippen LogP) is 2.69. The molecule has 5 nitrogen and oxygen atoms in total. The van der Waals surface area contributed by atoms with Crippen LogP contribution < -0.4 is 10.6 Å². The van der Waals surface area contributed by atoms with Gasteiger partial charge in [-0.25, -0.2) is 0 Å². The minimum absolute atomic E-state index is 0.137. The van der Waals surface area contributed by atoms with E-state index in [0.29, 0.717) is 11.4 Å². The van der Waals surface area contributed by atoms with Crippen molar-refractivity contribution >= 4 is 23.2 Å². The summed E-state index contributed by atoms with van der Waals surface area (Å²) in [7, 11) is 0. The van der Waals surface area contributed by atoms with E-state index in [-0.39, 0.29) is 11.8 Å². The average Bonchev–Trinajstić information content (AvgIpc) is 2.47. The number of nitrogens with one attached hydrogen (secondary N) is 2. The van der Waals surface area contributed by atoms with Crippen LogP contribution in [0.3, 0.4) is 0 Å². The lowest BCUT2D eigenvalue weighted by Gasteiger charge is -2.13. The SMILES string of the molecule is CC(=O)Nc1ccc(C(O)c2ccc(NC(C)=O)cc2)cc1. The maximum Gasteiger partial charge on any atom is 0.221 e. The molecule has 2 aromatic rings. The zero-order valence-electron chi connectivity index (χ0n) is 12.5. The molecular formula is C17H18N2O3. The zero-order valence-corrected chi connectivity index (χ0v) is 12.5. The Bertz CT molecular complexity index is 604. The van der Waals surface area contributed by atoms with E-state index in [1.165, 1.54) is 13.8 Å². The number of carbonyl (C=O) groups excluding carboxylic acids is 2. The van der Waals surface area contributed by atoms with E-state index in [2.05, 4.69) is 10.6 Å². The molecule has 2 rings (SSSR count). The van der Waals surface area contributed by atoms with Crippen LogP contribution in [-0.4, -0.2) is 16.9 Å². The first-order valence-corrected chi connectivity index (χ1v) is 6.89. The molecule has 0 atom stereocenters. The summed E-state index contributed by atoms with van der Waals surface area (Å²) < 4.78 is 0. The van der Waals surface area contributed by atoms with E-state index in [9.17, 15) is 14.7 Å². The molecule has 5 heteroatoms. The third-order valence-corrected chi connectivity index (χ3v) is 3.09. The van der Waals surface area contributed by atoms with Crippen molar-refractivity contribution in [1.82, 2.24) is 0 Å². The lowest BCUT2D eigenvalue weighted by molar-refractivity contribution is -0.115. The van der Waals surface area contributed by atoms with Crippen LogP contribution >= 0.6 is 0 Å². The first kappa shape index (κ1) is 15.7. The highest BCUT2D eigenvalue weighted by molar-refractivity contribution is 5.89. The minimum Gasteiger partial charge on any atom is -0.384 e. The molecular weight excluding hydrogens is 280 g/mol. The summed E-state index contributed by atoms with van der Waals surface area (Å²) in [6.07, 6.45) is -0.766. The quantitative estimate of drug-likeness (QED) is 0.812. The lowest BCUT2D eigenvalue weighted by atomic mass is 10.0. The fourth-order valence-electron chi connectivity index (χ4n) is 2.10. The van der Waals surface area contributed by atoms with Crippen molar-refractivity contribution in [3.05, 3.63) is 59.7 Å². The van der Waals surface area contributed by atoms with Gasteiger partial charge in [-0.2, -0.15) is 0 Å². The van der Waals surface area contributed by atoms with Gasteiger partial charge >= 0.3 is 0 Å². The van der Waals surface area contributed by atoms with Crippen molar-refractivity contribution in [2.45, 2.75) is 20.0 Å². The monoisotopic (exact) mass is 298 g/mol. The standard InChI is InChI=1S/C17H18N2O3/c1-11(20)18-15-7-3-13(4-8-15)17(22)14-5-9-16(10-6-14)19-12(2)21/h3-10,17,22H,1-2H3,(H,18,20)(H,19,21). The van der Waals surface area contributed by atoms with E-state index in [0.717, 1.165) is 11.1 Å². The number of aliphatic hydroxyl groups is 1. The highest BCUT2D eigenvalue weighted by Gasteiger charge is 2.10. The van der Waals surface area contributed by atoms with Crippen molar-refractivity contribution in [2.75, 3.05) is 10.6 Å². The molecule has 0 fully saturated rings. The molecule has 0 aliphatic heterocycles. The summed E-state index contributed by atoms with van der Waals surface area (Å²) in [4.78, 5) is 21.9. The van der Waals surface area contributed by atoms with Gasteiger partial charge in [0.05, 0.1) is 0 Å². The molecule has 0 bridgehead atoms. The number of amides is 2. The largest absolute Gasteiger partial charge is 0.384 e. The molecule has 0 aliphatic rings. The Labute approximate surface area is 129 Å². The van der Waals surface area contributed by atoms with Crippen LogP contribution in [0.1, 0.15) is 31.1 Å². The van der Waals surface area contributed by atoms with Crippen molar-refractivity contribution in [3.63, 3.8) is 0 Å². The molecule has 0 saturated heterocycles. The number of hydrogen-bond acceptors (Lipinski definition) is 3. The topological polar surface area (TPSA) is 78.4 Å². The van der Waals surface area contributed by atoms with Gasteiger partial charge in [-0.15, -0.1) is 0 Å². The first-order chi connectivity index (χ1) is 10.5. The van der Waals surface area contributed by atoms with E-state index in [1.807, 2.05) is 0 Å². The van der Waals surface area contributed by atoms with E-state index in [4.69, 9.17) is 0 Å². The van der Waals surface area contributed by atoms with Crippen LogP contribution in [0.15, 0.2) is 48.5 Å². The van der Waals surface area contributed by atoms with Gasteiger partial charge in [-0.3, -0.25) is 9.59 Å². The smallest absolute Gasteiger partial charge is 0.221 e. The van der Waals surface area contributed by atoms with Crippen molar-refractivity contribution in [1.29, 1.82) is 0 Å². The van der Waals surface area contributed by atoms with Gasteiger partial charge in [0.15, 0.2) is 0 Å². The number of hydrogen-bond donors (Lipinski definition) is 3. The second kappa shape index (κ2) is 6.87. The maximum atomic E-state index is 11.0. The van der Waals surface area contributed by atoms with Gasteiger partial charge in [0.1, 0.15) is 6.10 Å². The Morgan fingerprint density at radius 2 is 1.09 bits per heavy atom. The van der Waals surface area contributed by atoms with Crippen LogP contribution in [0.5, 0.6) is 0 Å². The third kappa shape index (κ3) is 4.17. The number of aliphatic hydroxyl groups excluding tert-OH is 1. The van der Waals surface area contributed by atoms with Crippen LogP contribution in [0, 0.1) is 0 Å². The number of anilines is 2. The first-order valence-electron chi connectivity index (χ1n) is 6.89. The molecule has 2 aromatic carbocycles. The number of carbonyl (C=O) groups is 2. The number of benzene rings is 2. The highest BCUT2D eigenvalue weighted by atomic mass is 16.3. The zero-order chi connectivity index (χ0) is 16.1. The van der Waals surface area contributed by atoms with Crippen LogP contribution in [0.4, 0.5) is 11.4 Å². The van der Waals surface area contributed by atoms with Crippen molar-refractivity contribution < 1.29 is 14.7 Å². The van der Waals surface area contributed by atoms with Crippen molar-refractivity contribution in [2.24, 2.45) is 0 Å².